The van der Waals surface area contributed by atoms with Crippen LogP contribution in [0.25, 0.3) is 0 Å². The number of carbonyl (C=O) groups is 1. The van der Waals surface area contributed by atoms with Gasteiger partial charge in [-0.1, -0.05) is 42.8 Å². The molecule has 2 aliphatic rings. The van der Waals surface area contributed by atoms with Gasteiger partial charge in [0.05, 0.1) is 16.6 Å². The fourth-order valence-corrected chi connectivity index (χ4v) is 4.86. The Bertz CT molecular complexity index is 974. The predicted octanol–water partition coefficient (Wildman–Crippen LogP) is 4.63. The van der Waals surface area contributed by atoms with E-state index in [1.54, 1.807) is 4.90 Å². The molecule has 2 aliphatic heterocycles. The first kappa shape index (κ1) is 22.9. The van der Waals surface area contributed by atoms with Crippen molar-refractivity contribution < 1.29 is 19.7 Å². The summed E-state index contributed by atoms with van der Waals surface area (Å²) in [7, 11) is 0. The minimum atomic E-state index is -0.275. The summed E-state index contributed by atoms with van der Waals surface area (Å²) < 4.78 is 5.49. The van der Waals surface area contributed by atoms with Crippen LogP contribution in [0, 0.1) is 5.41 Å². The van der Waals surface area contributed by atoms with Crippen LogP contribution in [-0.4, -0.2) is 47.3 Å². The number of rotatable bonds is 6. The smallest absolute Gasteiger partial charge is 0.258 e. The maximum Gasteiger partial charge on any atom is 0.258 e. The van der Waals surface area contributed by atoms with Gasteiger partial charge in [-0.25, -0.2) is 0 Å². The van der Waals surface area contributed by atoms with E-state index >= 15 is 0 Å². The Labute approximate surface area is 194 Å². The van der Waals surface area contributed by atoms with Crippen LogP contribution < -0.4 is 5.32 Å². The molecule has 0 aromatic heterocycles. The molecule has 4 rings (SSSR count). The van der Waals surface area contributed by atoms with Gasteiger partial charge in [0.2, 0.25) is 0 Å². The van der Waals surface area contributed by atoms with Gasteiger partial charge in [0, 0.05) is 38.9 Å². The van der Waals surface area contributed by atoms with E-state index in [1.165, 1.54) is 11.6 Å². The zero-order valence-electron chi connectivity index (χ0n) is 18.4. The highest BCUT2D eigenvalue weighted by atomic mass is 35.5. The van der Waals surface area contributed by atoms with Crippen molar-refractivity contribution in [1.82, 2.24) is 10.2 Å². The SMILES string of the molecule is CC1(CNCc2cccc(C3CCCN3C(=O)c3cc(Cl)c(O)cc3O)c2)CCOCC1. The Hall–Kier alpha value is -2.28. The van der Waals surface area contributed by atoms with Crippen LogP contribution in [0.3, 0.4) is 0 Å². The molecule has 6 nitrogen and oxygen atoms in total. The predicted molar refractivity (Wildman–Crippen MR) is 124 cm³/mol. The Balaban J connectivity index is 1.45. The van der Waals surface area contributed by atoms with Crippen molar-refractivity contribution in [1.29, 1.82) is 0 Å². The molecule has 2 aromatic rings. The maximum absolute atomic E-state index is 13.2. The molecule has 2 aromatic carbocycles. The normalized spacial score (nSPS) is 20.4. The van der Waals surface area contributed by atoms with E-state index in [-0.39, 0.29) is 39.4 Å². The van der Waals surface area contributed by atoms with Crippen LogP contribution >= 0.6 is 11.6 Å². The van der Waals surface area contributed by atoms with Gasteiger partial charge in [-0.2, -0.15) is 0 Å². The van der Waals surface area contributed by atoms with Gasteiger partial charge >= 0.3 is 0 Å². The number of hydrogen-bond donors (Lipinski definition) is 3. The van der Waals surface area contributed by atoms with E-state index in [0.29, 0.717) is 6.54 Å². The number of phenols is 2. The second kappa shape index (κ2) is 9.69. The monoisotopic (exact) mass is 458 g/mol. The van der Waals surface area contributed by atoms with Crippen molar-refractivity contribution in [2.75, 3.05) is 26.3 Å². The third kappa shape index (κ3) is 5.03. The highest BCUT2D eigenvalue weighted by Gasteiger charge is 2.32. The van der Waals surface area contributed by atoms with E-state index in [4.69, 9.17) is 16.3 Å². The number of phenolic OH excluding ortho intramolecular Hbond substituents is 2. The van der Waals surface area contributed by atoms with Gasteiger partial charge in [0.25, 0.3) is 5.91 Å². The molecular formula is C25H31ClN2O4. The summed E-state index contributed by atoms with van der Waals surface area (Å²) in [5.74, 6) is -0.779. The van der Waals surface area contributed by atoms with E-state index in [9.17, 15) is 15.0 Å². The molecule has 32 heavy (non-hydrogen) atoms. The molecule has 1 unspecified atom stereocenters. The summed E-state index contributed by atoms with van der Waals surface area (Å²) in [6, 6.07) is 10.8. The molecule has 0 spiro atoms. The summed E-state index contributed by atoms with van der Waals surface area (Å²) in [4.78, 5) is 15.0. The lowest BCUT2D eigenvalue weighted by Crippen LogP contribution is -2.36. The lowest BCUT2D eigenvalue weighted by molar-refractivity contribution is 0.0240. The summed E-state index contributed by atoms with van der Waals surface area (Å²) in [5.41, 5.74) is 2.67. The van der Waals surface area contributed by atoms with Gasteiger partial charge in [-0.15, -0.1) is 0 Å². The first-order valence-corrected chi connectivity index (χ1v) is 11.6. The van der Waals surface area contributed by atoms with Crippen molar-refractivity contribution in [3.8, 4) is 11.5 Å². The van der Waals surface area contributed by atoms with Crippen molar-refractivity contribution >= 4 is 17.5 Å². The fourth-order valence-electron chi connectivity index (χ4n) is 4.69. The first-order chi connectivity index (χ1) is 15.4. The van der Waals surface area contributed by atoms with Crippen molar-refractivity contribution in [2.24, 2.45) is 5.41 Å². The fraction of sp³-hybridized carbons (Fsp3) is 0.480. The van der Waals surface area contributed by atoms with E-state index in [1.807, 2.05) is 6.07 Å². The number of benzene rings is 2. The van der Waals surface area contributed by atoms with Gasteiger partial charge in [-0.05, 0) is 48.3 Å². The zero-order chi connectivity index (χ0) is 22.7. The van der Waals surface area contributed by atoms with E-state index < -0.39 is 0 Å². The number of ether oxygens (including phenoxy) is 1. The van der Waals surface area contributed by atoms with Gasteiger partial charge in [-0.3, -0.25) is 4.79 Å². The van der Waals surface area contributed by atoms with Crippen LogP contribution in [0.1, 0.15) is 60.1 Å². The minimum absolute atomic E-state index is 0.0493. The number of hydrogen-bond acceptors (Lipinski definition) is 5. The Kier molecular flexibility index (Phi) is 6.93. The number of halogens is 1. The quantitative estimate of drug-likeness (QED) is 0.587. The van der Waals surface area contributed by atoms with Crippen molar-refractivity contribution in [3.05, 3.63) is 58.1 Å². The summed E-state index contributed by atoms with van der Waals surface area (Å²) in [6.07, 6.45) is 3.92. The molecule has 2 heterocycles. The van der Waals surface area contributed by atoms with Gasteiger partial charge in [0.1, 0.15) is 11.5 Å². The molecule has 2 fully saturated rings. The second-order valence-electron chi connectivity index (χ2n) is 9.25. The molecule has 3 N–H and O–H groups in total. The molecule has 0 saturated carbocycles. The third-order valence-electron chi connectivity index (χ3n) is 6.73. The van der Waals surface area contributed by atoms with Crippen LogP contribution in [0.2, 0.25) is 5.02 Å². The van der Waals surface area contributed by atoms with Gasteiger partial charge < -0.3 is 25.2 Å². The number of nitrogens with zero attached hydrogens (tertiary/aromatic N) is 1. The van der Waals surface area contributed by atoms with Crippen molar-refractivity contribution in [3.63, 3.8) is 0 Å². The molecule has 7 heteroatoms. The lowest BCUT2D eigenvalue weighted by atomic mass is 9.82. The Morgan fingerprint density at radius 3 is 2.78 bits per heavy atom. The molecule has 2 saturated heterocycles. The maximum atomic E-state index is 13.2. The molecular weight excluding hydrogens is 428 g/mol. The highest BCUT2D eigenvalue weighted by molar-refractivity contribution is 6.32. The summed E-state index contributed by atoms with van der Waals surface area (Å²) in [6.45, 7) is 6.33. The minimum Gasteiger partial charge on any atom is -0.507 e. The molecule has 0 radical (unpaired) electrons. The molecule has 1 amide bonds. The van der Waals surface area contributed by atoms with Crippen LogP contribution in [0.4, 0.5) is 0 Å². The number of carbonyl (C=O) groups excluding carboxylic acids is 1. The molecule has 0 aliphatic carbocycles. The van der Waals surface area contributed by atoms with Gasteiger partial charge in [0.15, 0.2) is 0 Å². The standard InChI is InChI=1S/C25H31ClN2O4/c1-25(7-10-32-11-8-25)16-27-15-17-4-2-5-18(12-17)21-6-3-9-28(21)24(31)19-13-20(26)23(30)14-22(19)29/h2,4-5,12-14,21,27,29-30H,3,6-11,15-16H2,1H3. The average Bonchev–Trinajstić information content (AvgIpc) is 3.26. The topological polar surface area (TPSA) is 82.0 Å². The lowest BCUT2D eigenvalue weighted by Gasteiger charge is -2.33. The van der Waals surface area contributed by atoms with Crippen LogP contribution in [0.5, 0.6) is 11.5 Å². The van der Waals surface area contributed by atoms with Crippen molar-refractivity contribution in [2.45, 2.75) is 45.2 Å². The average molecular weight is 459 g/mol. The largest absolute Gasteiger partial charge is 0.507 e. The number of nitrogens with one attached hydrogen (secondary N) is 1. The summed E-state index contributed by atoms with van der Waals surface area (Å²) in [5, 5.41) is 23.5. The molecule has 0 bridgehead atoms. The second-order valence-corrected chi connectivity index (χ2v) is 9.66. The molecule has 1 atom stereocenters. The first-order valence-electron chi connectivity index (χ1n) is 11.3. The van der Waals surface area contributed by atoms with E-state index in [2.05, 4.69) is 30.4 Å². The van der Waals surface area contributed by atoms with E-state index in [0.717, 1.165) is 63.6 Å². The number of amides is 1. The molecule has 172 valence electrons. The Morgan fingerprint density at radius 2 is 2.00 bits per heavy atom. The summed E-state index contributed by atoms with van der Waals surface area (Å²) >= 11 is 5.98. The number of aromatic hydroxyl groups is 2. The highest BCUT2D eigenvalue weighted by Crippen LogP contribution is 2.37. The van der Waals surface area contributed by atoms with Crippen LogP contribution in [0.15, 0.2) is 36.4 Å². The van der Waals surface area contributed by atoms with Crippen LogP contribution in [-0.2, 0) is 11.3 Å². The zero-order valence-corrected chi connectivity index (χ0v) is 19.2. The third-order valence-corrected chi connectivity index (χ3v) is 7.03. The Morgan fingerprint density at radius 1 is 1.22 bits per heavy atom. The number of likely N-dealkylation sites (tertiary alicyclic amines) is 1.